The topological polar surface area (TPSA) is 186 Å². The van der Waals surface area contributed by atoms with E-state index in [2.05, 4.69) is 74.6 Å². The molecule has 0 aliphatic carbocycles. The van der Waals surface area contributed by atoms with Crippen molar-refractivity contribution in [2.75, 3.05) is 19.0 Å². The van der Waals surface area contributed by atoms with Gasteiger partial charge < -0.3 is 34.3 Å². The second-order valence-corrected chi connectivity index (χ2v) is 16.9. The van der Waals surface area contributed by atoms with Crippen LogP contribution in [0.1, 0.15) is 162 Å². The third-order valence-electron chi connectivity index (χ3n) is 9.80. The summed E-state index contributed by atoms with van der Waals surface area (Å²) < 4.78 is 54.0. The van der Waals surface area contributed by atoms with Crippen LogP contribution in [0.3, 0.4) is 0 Å². The van der Waals surface area contributed by atoms with Crippen LogP contribution in [0.15, 0.2) is 60.8 Å². The summed E-state index contributed by atoms with van der Waals surface area (Å²) in [5.74, 6) is -2.04. The van der Waals surface area contributed by atoms with Crippen molar-refractivity contribution in [1.29, 1.82) is 0 Å². The average Bonchev–Trinajstić information content (AvgIpc) is 3.20. The van der Waals surface area contributed by atoms with Gasteiger partial charge in [-0.05, 0) is 77.0 Å². The Morgan fingerprint density at radius 1 is 0.576 bits per heavy atom. The summed E-state index contributed by atoms with van der Waals surface area (Å²) in [6.45, 7) is 3.64. The Kier molecular flexibility index (Phi) is 33.2. The van der Waals surface area contributed by atoms with Crippen LogP contribution >= 0.6 is 0 Å². The predicted octanol–water partition coefficient (Wildman–Crippen LogP) is 8.95. The summed E-state index contributed by atoms with van der Waals surface area (Å²) in [6, 6.07) is 0. The maximum absolute atomic E-state index is 12.8. The van der Waals surface area contributed by atoms with Gasteiger partial charge in [0.1, 0.15) is 36.8 Å². The molecule has 0 spiro atoms. The minimum Gasteiger partial charge on any atom is -0.462 e. The van der Waals surface area contributed by atoms with Gasteiger partial charge in [0.15, 0.2) is 12.4 Å². The summed E-state index contributed by atoms with van der Waals surface area (Å²) in [7, 11) is -4.61. The molecule has 13 heteroatoms. The fourth-order valence-corrected chi connectivity index (χ4v) is 7.00. The van der Waals surface area contributed by atoms with E-state index in [4.69, 9.17) is 18.9 Å². The zero-order valence-corrected chi connectivity index (χ0v) is 36.9. The molecule has 1 rings (SSSR count). The van der Waals surface area contributed by atoms with Gasteiger partial charge in [0, 0.05) is 12.8 Å². The molecule has 0 bridgehead atoms. The predicted molar refractivity (Wildman–Crippen MR) is 233 cm³/mol. The summed E-state index contributed by atoms with van der Waals surface area (Å²) in [4.78, 5) is 25.4. The SMILES string of the molecule is CCC/C=C/C/C=C/C/C=C/C/C=C/CCCCCC(=O)O[C@H](COC(=O)CCCCCCC/C=C/CCCCCCC)CO[C@H]1O[C@H](CS(=O)(=O)O)[C@@H](O)C(O)C1O. The van der Waals surface area contributed by atoms with Crippen LogP contribution in [-0.4, -0.2) is 96.0 Å². The van der Waals surface area contributed by atoms with Crippen LogP contribution in [0, 0.1) is 0 Å². The van der Waals surface area contributed by atoms with Gasteiger partial charge in [-0.1, -0.05) is 132 Å². The minimum absolute atomic E-state index is 0.123. The van der Waals surface area contributed by atoms with Crippen molar-refractivity contribution in [2.45, 2.75) is 198 Å². The molecule has 1 fully saturated rings. The first-order valence-corrected chi connectivity index (χ1v) is 24.0. The fourth-order valence-electron chi connectivity index (χ4n) is 6.31. The standard InChI is InChI=1S/C46H78O12S/c1-3-5-7-9-11-13-15-17-19-20-21-23-25-27-29-31-33-35-42(48)57-39(37-56-46-45(51)44(50)43(49)40(58-46)38-59(52,53)54)36-55-41(47)34-32-30-28-26-24-22-18-16-14-12-10-8-6-4-2/h7,9,13,15-16,18-20,23,25,39-40,43-46,49-51H,3-6,8,10-12,14,17,21-22,24,26-38H2,1-2H3,(H,52,53,54)/b9-7+,15-13+,18-16+,20-19+,25-23+/t39-,40-,43-,44?,45?,46+/m1/s1. The van der Waals surface area contributed by atoms with Gasteiger partial charge in [-0.15, -0.1) is 0 Å². The number of ether oxygens (including phenoxy) is 4. The van der Waals surface area contributed by atoms with E-state index in [1.807, 2.05) is 0 Å². The highest BCUT2D eigenvalue weighted by molar-refractivity contribution is 7.85. The van der Waals surface area contributed by atoms with Crippen molar-refractivity contribution in [1.82, 2.24) is 0 Å². The lowest BCUT2D eigenvalue weighted by Gasteiger charge is -2.40. The van der Waals surface area contributed by atoms with Gasteiger partial charge in [-0.3, -0.25) is 14.1 Å². The summed E-state index contributed by atoms with van der Waals surface area (Å²) in [5.41, 5.74) is 0. The Morgan fingerprint density at radius 3 is 1.61 bits per heavy atom. The molecule has 340 valence electrons. The van der Waals surface area contributed by atoms with Crippen LogP contribution in [0.25, 0.3) is 0 Å². The third-order valence-corrected chi connectivity index (χ3v) is 10.6. The summed E-state index contributed by atoms with van der Waals surface area (Å²) in [5, 5.41) is 30.9. The highest BCUT2D eigenvalue weighted by Gasteiger charge is 2.46. The van der Waals surface area contributed by atoms with Gasteiger partial charge in [-0.2, -0.15) is 8.42 Å². The van der Waals surface area contributed by atoms with Crippen molar-refractivity contribution in [2.24, 2.45) is 0 Å². The number of unbranched alkanes of at least 4 members (excludes halogenated alkanes) is 14. The lowest BCUT2D eigenvalue weighted by molar-refractivity contribution is -0.297. The zero-order valence-electron chi connectivity index (χ0n) is 36.1. The molecule has 6 atom stereocenters. The first-order chi connectivity index (χ1) is 28.5. The molecule has 0 radical (unpaired) electrons. The van der Waals surface area contributed by atoms with E-state index < -0.39 is 71.2 Å². The minimum atomic E-state index is -4.61. The quantitative estimate of drug-likeness (QED) is 0.0203. The normalized spacial score (nSPS) is 20.8. The molecule has 1 aliphatic heterocycles. The van der Waals surface area contributed by atoms with Crippen LogP contribution in [0.2, 0.25) is 0 Å². The van der Waals surface area contributed by atoms with Crippen molar-refractivity contribution in [3.8, 4) is 0 Å². The first kappa shape index (κ1) is 54.4. The van der Waals surface area contributed by atoms with E-state index in [0.717, 1.165) is 83.5 Å². The number of hydrogen-bond donors (Lipinski definition) is 4. The van der Waals surface area contributed by atoms with E-state index in [9.17, 15) is 37.9 Å². The molecule has 1 heterocycles. The molecular formula is C46H78O12S. The highest BCUT2D eigenvalue weighted by atomic mass is 32.2. The van der Waals surface area contributed by atoms with Crippen molar-refractivity contribution < 1.29 is 56.8 Å². The Labute approximate surface area is 355 Å². The fraction of sp³-hybridized carbons (Fsp3) is 0.739. The largest absolute Gasteiger partial charge is 0.462 e. The number of hydrogen-bond acceptors (Lipinski definition) is 11. The maximum Gasteiger partial charge on any atom is 0.306 e. The van der Waals surface area contributed by atoms with Crippen LogP contribution in [0.4, 0.5) is 0 Å². The van der Waals surface area contributed by atoms with E-state index >= 15 is 0 Å². The van der Waals surface area contributed by atoms with Crippen molar-refractivity contribution in [3.63, 3.8) is 0 Å². The number of rotatable bonds is 36. The Morgan fingerprint density at radius 2 is 1.05 bits per heavy atom. The molecule has 12 nitrogen and oxygen atoms in total. The zero-order chi connectivity index (χ0) is 43.4. The molecule has 0 amide bonds. The molecule has 1 saturated heterocycles. The molecule has 4 N–H and O–H groups in total. The van der Waals surface area contributed by atoms with E-state index in [1.54, 1.807) is 0 Å². The number of esters is 2. The van der Waals surface area contributed by atoms with Crippen LogP contribution in [0.5, 0.6) is 0 Å². The second kappa shape index (κ2) is 36.0. The van der Waals surface area contributed by atoms with Gasteiger partial charge in [-0.25, -0.2) is 0 Å². The average molecular weight is 855 g/mol. The first-order valence-electron chi connectivity index (χ1n) is 22.3. The second-order valence-electron chi connectivity index (χ2n) is 15.4. The molecule has 1 aliphatic rings. The van der Waals surface area contributed by atoms with Crippen LogP contribution in [-0.2, 0) is 38.7 Å². The van der Waals surface area contributed by atoms with Crippen molar-refractivity contribution >= 4 is 22.1 Å². The maximum atomic E-state index is 12.8. The summed E-state index contributed by atoms with van der Waals surface area (Å²) >= 11 is 0. The number of aliphatic hydroxyl groups is 3. The number of aliphatic hydroxyl groups excluding tert-OH is 3. The monoisotopic (exact) mass is 855 g/mol. The molecular weight excluding hydrogens is 777 g/mol. The van der Waals surface area contributed by atoms with Gasteiger partial charge in [0.2, 0.25) is 0 Å². The lowest BCUT2D eigenvalue weighted by Crippen LogP contribution is -2.60. The number of allylic oxidation sites excluding steroid dienone is 10. The van der Waals surface area contributed by atoms with E-state index in [0.29, 0.717) is 12.8 Å². The Hall–Kier alpha value is -2.65. The summed E-state index contributed by atoms with van der Waals surface area (Å²) in [6.07, 6.45) is 34.0. The molecule has 0 aromatic carbocycles. The molecule has 0 aromatic heterocycles. The molecule has 59 heavy (non-hydrogen) atoms. The Bertz CT molecular complexity index is 1320. The van der Waals surface area contributed by atoms with E-state index in [-0.39, 0.29) is 19.4 Å². The van der Waals surface area contributed by atoms with Gasteiger partial charge in [0.05, 0.1) is 6.61 Å². The Balaban J connectivity index is 2.50. The third kappa shape index (κ3) is 30.9. The van der Waals surface area contributed by atoms with Gasteiger partial charge >= 0.3 is 11.9 Å². The molecule has 0 aromatic rings. The number of carbonyl (C=O) groups is 2. The lowest BCUT2D eigenvalue weighted by atomic mass is 10.00. The van der Waals surface area contributed by atoms with E-state index in [1.165, 1.54) is 38.5 Å². The van der Waals surface area contributed by atoms with Crippen LogP contribution < -0.4 is 0 Å². The molecule has 0 saturated carbocycles. The van der Waals surface area contributed by atoms with Crippen molar-refractivity contribution in [3.05, 3.63) is 60.8 Å². The smallest absolute Gasteiger partial charge is 0.306 e. The number of carbonyl (C=O) groups excluding carboxylic acids is 2. The van der Waals surface area contributed by atoms with Gasteiger partial charge in [0.25, 0.3) is 10.1 Å². The molecule has 2 unspecified atom stereocenters. The highest BCUT2D eigenvalue weighted by Crippen LogP contribution is 2.24.